The minimum Gasteiger partial charge on any atom is -0.383 e. The van der Waals surface area contributed by atoms with Crippen molar-refractivity contribution in [3.63, 3.8) is 0 Å². The van der Waals surface area contributed by atoms with Crippen molar-refractivity contribution in [1.29, 1.82) is 0 Å². The summed E-state index contributed by atoms with van der Waals surface area (Å²) in [6, 6.07) is 0. The number of nitrogens with two attached hydrogens (primary N) is 1. The first-order valence-electron chi connectivity index (χ1n) is 7.12. The standard InChI is InChI=1S/C15H19N5S/c1-4-5-12-17-6-7-20(12)8-11-18-14(16)13-9(2)10(3)21-15(13)19-11/h6-7H,4-5,8H2,1-3H3,(H2,16,18,19). The maximum Gasteiger partial charge on any atom is 0.152 e. The summed E-state index contributed by atoms with van der Waals surface area (Å²) in [5, 5.41) is 1.00. The van der Waals surface area contributed by atoms with Crippen LogP contribution < -0.4 is 5.73 Å². The van der Waals surface area contributed by atoms with Gasteiger partial charge < -0.3 is 10.3 Å². The molecule has 3 heterocycles. The van der Waals surface area contributed by atoms with E-state index >= 15 is 0 Å². The van der Waals surface area contributed by atoms with Crippen LogP contribution in [-0.4, -0.2) is 19.5 Å². The molecule has 0 aliphatic carbocycles. The second kappa shape index (κ2) is 5.44. The highest BCUT2D eigenvalue weighted by molar-refractivity contribution is 7.18. The monoisotopic (exact) mass is 301 g/mol. The topological polar surface area (TPSA) is 69.6 Å². The molecule has 5 nitrogen and oxygen atoms in total. The van der Waals surface area contributed by atoms with Gasteiger partial charge in [-0.3, -0.25) is 0 Å². The summed E-state index contributed by atoms with van der Waals surface area (Å²) in [6.07, 6.45) is 5.83. The van der Waals surface area contributed by atoms with Crippen LogP contribution in [0.3, 0.4) is 0 Å². The molecule has 0 fully saturated rings. The highest BCUT2D eigenvalue weighted by Crippen LogP contribution is 2.31. The minimum atomic E-state index is 0.578. The summed E-state index contributed by atoms with van der Waals surface area (Å²) in [7, 11) is 0. The van der Waals surface area contributed by atoms with Crippen LogP contribution in [0.1, 0.15) is 35.4 Å². The Balaban J connectivity index is 1.99. The van der Waals surface area contributed by atoms with Crippen LogP contribution in [-0.2, 0) is 13.0 Å². The van der Waals surface area contributed by atoms with E-state index in [1.165, 1.54) is 10.4 Å². The van der Waals surface area contributed by atoms with E-state index in [0.29, 0.717) is 12.4 Å². The van der Waals surface area contributed by atoms with Gasteiger partial charge in [-0.15, -0.1) is 11.3 Å². The van der Waals surface area contributed by atoms with E-state index in [2.05, 4.69) is 40.3 Å². The number of aryl methyl sites for hydroxylation is 3. The van der Waals surface area contributed by atoms with Crippen molar-refractivity contribution in [2.45, 2.75) is 40.2 Å². The van der Waals surface area contributed by atoms with E-state index in [9.17, 15) is 0 Å². The summed E-state index contributed by atoms with van der Waals surface area (Å²) in [5.74, 6) is 2.39. The molecule has 0 aromatic carbocycles. The normalized spacial score (nSPS) is 11.4. The van der Waals surface area contributed by atoms with Gasteiger partial charge in [-0.05, 0) is 25.8 Å². The molecule has 0 atom stereocenters. The van der Waals surface area contributed by atoms with E-state index in [1.807, 2.05) is 12.4 Å². The predicted molar refractivity (Wildman–Crippen MR) is 86.6 cm³/mol. The zero-order valence-electron chi connectivity index (χ0n) is 12.6. The van der Waals surface area contributed by atoms with E-state index in [-0.39, 0.29) is 0 Å². The fourth-order valence-corrected chi connectivity index (χ4v) is 3.54. The zero-order chi connectivity index (χ0) is 15.0. The number of thiophene rings is 1. The number of rotatable bonds is 4. The second-order valence-corrected chi connectivity index (χ2v) is 6.41. The Kier molecular flexibility index (Phi) is 3.63. The lowest BCUT2D eigenvalue weighted by atomic mass is 10.2. The third kappa shape index (κ3) is 2.51. The van der Waals surface area contributed by atoms with Crippen LogP contribution in [0.4, 0.5) is 5.82 Å². The van der Waals surface area contributed by atoms with E-state index < -0.39 is 0 Å². The van der Waals surface area contributed by atoms with Crippen molar-refractivity contribution in [2.24, 2.45) is 0 Å². The summed E-state index contributed by atoms with van der Waals surface area (Å²) in [6.45, 7) is 6.93. The molecule has 110 valence electrons. The van der Waals surface area contributed by atoms with Gasteiger partial charge in [0.2, 0.25) is 0 Å². The van der Waals surface area contributed by atoms with Crippen molar-refractivity contribution >= 4 is 27.4 Å². The number of hydrogen-bond acceptors (Lipinski definition) is 5. The molecule has 0 unspecified atom stereocenters. The summed E-state index contributed by atoms with van der Waals surface area (Å²) < 4.78 is 2.09. The van der Waals surface area contributed by atoms with E-state index in [0.717, 1.165) is 34.7 Å². The SMILES string of the molecule is CCCc1nccn1Cc1nc(N)c2c(C)c(C)sc2n1. The zero-order valence-corrected chi connectivity index (χ0v) is 13.4. The molecule has 3 aromatic heterocycles. The number of anilines is 1. The van der Waals surface area contributed by atoms with Crippen molar-refractivity contribution in [1.82, 2.24) is 19.5 Å². The van der Waals surface area contributed by atoms with Gasteiger partial charge in [-0.25, -0.2) is 15.0 Å². The Morgan fingerprint density at radius 1 is 1.29 bits per heavy atom. The molecule has 0 aliphatic heterocycles. The first-order chi connectivity index (χ1) is 10.1. The lowest BCUT2D eigenvalue weighted by Crippen LogP contribution is -2.08. The fourth-order valence-electron chi connectivity index (χ4n) is 2.49. The van der Waals surface area contributed by atoms with Gasteiger partial charge in [0.05, 0.1) is 11.9 Å². The largest absolute Gasteiger partial charge is 0.383 e. The average molecular weight is 301 g/mol. The lowest BCUT2D eigenvalue weighted by molar-refractivity contribution is 0.681. The number of fused-ring (bicyclic) bond motifs is 1. The number of imidazole rings is 1. The van der Waals surface area contributed by atoms with Crippen molar-refractivity contribution in [3.05, 3.63) is 34.5 Å². The lowest BCUT2D eigenvalue weighted by Gasteiger charge is -2.07. The first-order valence-corrected chi connectivity index (χ1v) is 7.94. The van der Waals surface area contributed by atoms with Gasteiger partial charge in [-0.1, -0.05) is 6.92 Å². The minimum absolute atomic E-state index is 0.578. The van der Waals surface area contributed by atoms with Crippen LogP contribution in [0, 0.1) is 13.8 Å². The van der Waals surface area contributed by atoms with Gasteiger partial charge in [0.1, 0.15) is 16.5 Å². The van der Waals surface area contributed by atoms with Gasteiger partial charge in [0.15, 0.2) is 5.82 Å². The van der Waals surface area contributed by atoms with Crippen molar-refractivity contribution in [2.75, 3.05) is 5.73 Å². The number of aromatic nitrogens is 4. The summed E-state index contributed by atoms with van der Waals surface area (Å²) in [5.41, 5.74) is 7.32. The Morgan fingerprint density at radius 3 is 2.86 bits per heavy atom. The maximum atomic E-state index is 6.13. The van der Waals surface area contributed by atoms with E-state index in [4.69, 9.17) is 5.73 Å². The number of nitrogen functional groups attached to an aromatic ring is 1. The molecule has 0 saturated heterocycles. The van der Waals surface area contributed by atoms with Crippen LogP contribution >= 0.6 is 11.3 Å². The molecule has 0 amide bonds. The third-order valence-electron chi connectivity index (χ3n) is 3.69. The molecular weight excluding hydrogens is 282 g/mol. The number of nitrogens with zero attached hydrogens (tertiary/aromatic N) is 4. The molecule has 3 aromatic rings. The third-order valence-corrected chi connectivity index (χ3v) is 4.79. The van der Waals surface area contributed by atoms with Crippen LogP contribution in [0.5, 0.6) is 0 Å². The Morgan fingerprint density at radius 2 is 2.10 bits per heavy atom. The molecule has 2 N–H and O–H groups in total. The van der Waals surface area contributed by atoms with E-state index in [1.54, 1.807) is 11.3 Å². The molecule has 0 saturated carbocycles. The highest BCUT2D eigenvalue weighted by atomic mass is 32.1. The molecule has 0 aliphatic rings. The molecule has 0 bridgehead atoms. The summed E-state index contributed by atoms with van der Waals surface area (Å²) >= 11 is 1.68. The molecular formula is C15H19N5S. The molecule has 21 heavy (non-hydrogen) atoms. The molecule has 3 rings (SSSR count). The Labute approximate surface area is 127 Å². The molecule has 0 radical (unpaired) electrons. The van der Waals surface area contributed by atoms with Crippen molar-refractivity contribution in [3.8, 4) is 0 Å². The van der Waals surface area contributed by atoms with Gasteiger partial charge in [-0.2, -0.15) is 0 Å². The van der Waals surface area contributed by atoms with Crippen LogP contribution in [0.15, 0.2) is 12.4 Å². The van der Waals surface area contributed by atoms with Crippen LogP contribution in [0.2, 0.25) is 0 Å². The fraction of sp³-hybridized carbons (Fsp3) is 0.400. The number of hydrogen-bond donors (Lipinski definition) is 1. The Bertz CT molecular complexity index is 787. The van der Waals surface area contributed by atoms with Crippen molar-refractivity contribution < 1.29 is 0 Å². The van der Waals surface area contributed by atoms with Gasteiger partial charge >= 0.3 is 0 Å². The Hall–Kier alpha value is -1.95. The summed E-state index contributed by atoms with van der Waals surface area (Å²) in [4.78, 5) is 15.8. The average Bonchev–Trinajstić information content (AvgIpc) is 2.96. The smallest absolute Gasteiger partial charge is 0.152 e. The quantitative estimate of drug-likeness (QED) is 0.804. The van der Waals surface area contributed by atoms with Gasteiger partial charge in [0.25, 0.3) is 0 Å². The highest BCUT2D eigenvalue weighted by Gasteiger charge is 2.13. The maximum absolute atomic E-state index is 6.13. The van der Waals surface area contributed by atoms with Gasteiger partial charge in [0, 0.05) is 23.7 Å². The first kappa shape index (κ1) is 14.0. The predicted octanol–water partition coefficient (Wildman–Crippen LogP) is 3.09. The molecule has 6 heteroatoms. The second-order valence-electron chi connectivity index (χ2n) is 5.21. The molecule has 0 spiro atoms. The van der Waals surface area contributed by atoms with Crippen LogP contribution in [0.25, 0.3) is 10.2 Å².